The molecule has 1 aliphatic rings. The first-order chi connectivity index (χ1) is 13.0. The van der Waals surface area contributed by atoms with Gasteiger partial charge in [-0.2, -0.15) is 5.26 Å². The molecular weight excluding hydrogens is 410 g/mol. The number of nitrogens with zero attached hydrogens (tertiary/aromatic N) is 3. The summed E-state index contributed by atoms with van der Waals surface area (Å²) in [6, 6.07) is 16.4. The van der Waals surface area contributed by atoms with Crippen molar-refractivity contribution in [1.29, 1.82) is 5.26 Å². The first kappa shape index (κ1) is 18.9. The molecule has 1 aliphatic heterocycles. The number of amides is 2. The Morgan fingerprint density at radius 2 is 1.89 bits per heavy atom. The monoisotopic (exact) mass is 427 g/mol. The van der Waals surface area contributed by atoms with Gasteiger partial charge in [0.2, 0.25) is 0 Å². The van der Waals surface area contributed by atoms with Crippen molar-refractivity contribution in [2.75, 3.05) is 18.0 Å². The number of aliphatic carboxylic acids is 1. The van der Waals surface area contributed by atoms with E-state index in [1.807, 2.05) is 36.4 Å². The van der Waals surface area contributed by atoms with Crippen LogP contribution in [-0.4, -0.2) is 35.1 Å². The van der Waals surface area contributed by atoms with Crippen LogP contribution in [0.1, 0.15) is 17.5 Å². The van der Waals surface area contributed by atoms with Crippen molar-refractivity contribution >= 4 is 33.6 Å². The zero-order valence-electron chi connectivity index (χ0n) is 14.5. The number of carboxylic acids is 1. The van der Waals surface area contributed by atoms with Gasteiger partial charge in [0, 0.05) is 35.7 Å². The molecule has 0 aliphatic carbocycles. The molecule has 7 heteroatoms. The molecule has 1 saturated heterocycles. The molecule has 0 saturated carbocycles. The Balaban J connectivity index is 1.89. The summed E-state index contributed by atoms with van der Waals surface area (Å²) < 4.78 is 0.901. The third-order valence-electron chi connectivity index (χ3n) is 4.52. The highest BCUT2D eigenvalue weighted by atomic mass is 79.9. The lowest BCUT2D eigenvalue weighted by molar-refractivity contribution is -0.138. The van der Waals surface area contributed by atoms with Crippen molar-refractivity contribution in [1.82, 2.24) is 4.90 Å². The van der Waals surface area contributed by atoms with Gasteiger partial charge in [-0.15, -0.1) is 0 Å². The van der Waals surface area contributed by atoms with E-state index in [9.17, 15) is 20.0 Å². The molecule has 0 aromatic heterocycles. The first-order valence-electron chi connectivity index (χ1n) is 8.49. The summed E-state index contributed by atoms with van der Waals surface area (Å²) in [4.78, 5) is 27.5. The van der Waals surface area contributed by atoms with Crippen LogP contribution in [0.3, 0.4) is 0 Å². The highest BCUT2D eigenvalue weighted by molar-refractivity contribution is 9.10. The van der Waals surface area contributed by atoms with Gasteiger partial charge in [-0.3, -0.25) is 9.69 Å². The predicted molar refractivity (Wildman–Crippen MR) is 104 cm³/mol. The SMILES string of the molecule is N#Cc1ccccc1CN1CC(CC(=O)O)CN(c2ccc(Br)cc2)C1=O. The molecule has 0 radical (unpaired) electrons. The highest BCUT2D eigenvalue weighted by Gasteiger charge is 2.34. The minimum Gasteiger partial charge on any atom is -0.481 e. The molecule has 1 fully saturated rings. The Morgan fingerprint density at radius 1 is 1.19 bits per heavy atom. The van der Waals surface area contributed by atoms with Gasteiger partial charge in [0.1, 0.15) is 0 Å². The molecule has 1 unspecified atom stereocenters. The van der Waals surface area contributed by atoms with E-state index in [4.69, 9.17) is 0 Å². The van der Waals surface area contributed by atoms with Crippen LogP contribution < -0.4 is 4.90 Å². The van der Waals surface area contributed by atoms with E-state index in [-0.39, 0.29) is 24.9 Å². The summed E-state index contributed by atoms with van der Waals surface area (Å²) in [7, 11) is 0. The zero-order valence-corrected chi connectivity index (χ0v) is 16.1. The Bertz CT molecular complexity index is 892. The second-order valence-electron chi connectivity index (χ2n) is 6.48. The Kier molecular flexibility index (Phi) is 5.77. The van der Waals surface area contributed by atoms with Crippen molar-refractivity contribution in [3.05, 3.63) is 64.1 Å². The number of halogens is 1. The number of urea groups is 1. The van der Waals surface area contributed by atoms with Gasteiger partial charge in [0.25, 0.3) is 0 Å². The largest absolute Gasteiger partial charge is 0.481 e. The molecular formula is C20H18BrN3O3. The zero-order chi connectivity index (χ0) is 19.4. The molecule has 0 bridgehead atoms. The number of carbonyl (C=O) groups excluding carboxylic acids is 1. The lowest BCUT2D eigenvalue weighted by atomic mass is 10.00. The minimum atomic E-state index is -0.887. The fourth-order valence-corrected chi connectivity index (χ4v) is 3.54. The molecule has 2 amide bonds. The van der Waals surface area contributed by atoms with Gasteiger partial charge < -0.3 is 10.0 Å². The van der Waals surface area contributed by atoms with Crippen LogP contribution in [0.2, 0.25) is 0 Å². The van der Waals surface area contributed by atoms with Crippen LogP contribution in [0.5, 0.6) is 0 Å². The Labute approximate surface area is 165 Å². The van der Waals surface area contributed by atoms with Gasteiger partial charge in [-0.1, -0.05) is 34.1 Å². The quantitative estimate of drug-likeness (QED) is 0.784. The number of anilines is 1. The molecule has 27 heavy (non-hydrogen) atoms. The normalized spacial score (nSPS) is 16.9. The van der Waals surface area contributed by atoms with Gasteiger partial charge in [0.15, 0.2) is 0 Å². The fourth-order valence-electron chi connectivity index (χ4n) is 3.27. The second-order valence-corrected chi connectivity index (χ2v) is 7.40. The second kappa shape index (κ2) is 8.23. The van der Waals surface area contributed by atoms with Crippen LogP contribution >= 0.6 is 15.9 Å². The maximum atomic E-state index is 13.1. The van der Waals surface area contributed by atoms with E-state index >= 15 is 0 Å². The standard InChI is InChI=1S/C20H18BrN3O3/c21-17-5-7-18(8-6-17)24-12-14(9-19(25)26)11-23(20(24)27)13-16-4-2-1-3-15(16)10-22/h1-8,14H,9,11-13H2,(H,25,26). The van der Waals surface area contributed by atoms with Crippen LogP contribution in [-0.2, 0) is 11.3 Å². The van der Waals surface area contributed by atoms with Crippen molar-refractivity contribution < 1.29 is 14.7 Å². The van der Waals surface area contributed by atoms with E-state index in [2.05, 4.69) is 22.0 Å². The number of hydrogen-bond acceptors (Lipinski definition) is 3. The summed E-state index contributed by atoms with van der Waals surface area (Å²) >= 11 is 3.38. The summed E-state index contributed by atoms with van der Waals surface area (Å²) in [5.41, 5.74) is 1.98. The van der Waals surface area contributed by atoms with Gasteiger partial charge >= 0.3 is 12.0 Å². The maximum absolute atomic E-state index is 13.1. The lowest BCUT2D eigenvalue weighted by Gasteiger charge is -2.40. The molecule has 3 rings (SSSR count). The number of benzene rings is 2. The van der Waals surface area contributed by atoms with Crippen LogP contribution in [0.4, 0.5) is 10.5 Å². The average molecular weight is 428 g/mol. The van der Waals surface area contributed by atoms with E-state index in [1.165, 1.54) is 0 Å². The van der Waals surface area contributed by atoms with E-state index < -0.39 is 5.97 Å². The van der Waals surface area contributed by atoms with Crippen LogP contribution in [0.15, 0.2) is 53.0 Å². The van der Waals surface area contributed by atoms with Crippen molar-refractivity contribution in [2.24, 2.45) is 5.92 Å². The first-order valence-corrected chi connectivity index (χ1v) is 9.29. The lowest BCUT2D eigenvalue weighted by Crippen LogP contribution is -2.53. The summed E-state index contributed by atoms with van der Waals surface area (Å²) in [6.45, 7) is 0.965. The number of hydrogen-bond donors (Lipinski definition) is 1. The molecule has 1 heterocycles. The summed E-state index contributed by atoms with van der Waals surface area (Å²) in [5.74, 6) is -1.08. The third-order valence-corrected chi connectivity index (χ3v) is 5.05. The fraction of sp³-hybridized carbons (Fsp3) is 0.250. The number of carbonyl (C=O) groups is 2. The maximum Gasteiger partial charge on any atom is 0.324 e. The van der Waals surface area contributed by atoms with Gasteiger partial charge in [-0.05, 0) is 35.9 Å². The van der Waals surface area contributed by atoms with Crippen LogP contribution in [0, 0.1) is 17.2 Å². The van der Waals surface area contributed by atoms with E-state index in [0.29, 0.717) is 18.7 Å². The third kappa shape index (κ3) is 4.47. The van der Waals surface area contributed by atoms with Crippen LogP contribution in [0.25, 0.3) is 0 Å². The average Bonchev–Trinajstić information content (AvgIpc) is 2.65. The van der Waals surface area contributed by atoms with Gasteiger partial charge in [0.05, 0.1) is 18.1 Å². The molecule has 0 spiro atoms. The number of carboxylic acid groups (broad SMARTS) is 1. The molecule has 1 atom stereocenters. The molecule has 6 nitrogen and oxygen atoms in total. The Morgan fingerprint density at radius 3 is 2.56 bits per heavy atom. The van der Waals surface area contributed by atoms with Crippen molar-refractivity contribution in [3.8, 4) is 6.07 Å². The molecule has 2 aromatic carbocycles. The molecule has 2 aromatic rings. The summed E-state index contributed by atoms with van der Waals surface area (Å²) in [5, 5.41) is 18.5. The molecule has 1 N–H and O–H groups in total. The smallest absolute Gasteiger partial charge is 0.324 e. The topological polar surface area (TPSA) is 84.6 Å². The van der Waals surface area contributed by atoms with E-state index in [0.717, 1.165) is 15.7 Å². The molecule has 138 valence electrons. The highest BCUT2D eigenvalue weighted by Crippen LogP contribution is 2.27. The number of nitriles is 1. The number of rotatable bonds is 5. The van der Waals surface area contributed by atoms with Gasteiger partial charge in [-0.25, -0.2) is 4.79 Å². The van der Waals surface area contributed by atoms with Crippen molar-refractivity contribution in [2.45, 2.75) is 13.0 Å². The minimum absolute atomic E-state index is 0.0172. The Hall–Kier alpha value is -2.85. The van der Waals surface area contributed by atoms with Crippen molar-refractivity contribution in [3.63, 3.8) is 0 Å². The predicted octanol–water partition coefficient (Wildman–Crippen LogP) is 3.85. The summed E-state index contributed by atoms with van der Waals surface area (Å²) in [6.07, 6.45) is -0.0172. The van der Waals surface area contributed by atoms with E-state index in [1.54, 1.807) is 21.9 Å².